The molecule has 0 saturated carbocycles. The summed E-state index contributed by atoms with van der Waals surface area (Å²) in [5.74, 6) is -0.673. The number of nitrogens with two attached hydrogens (primary N) is 1. The highest BCUT2D eigenvalue weighted by molar-refractivity contribution is 6.01. The van der Waals surface area contributed by atoms with E-state index < -0.39 is 29.8 Å². The van der Waals surface area contributed by atoms with Crippen LogP contribution in [-0.4, -0.2) is 37.2 Å². The molecule has 0 unspecified atom stereocenters. The average molecular weight is 469 g/mol. The molecular formula is C24H22F3N5O2. The van der Waals surface area contributed by atoms with Gasteiger partial charge in [-0.3, -0.25) is 4.79 Å². The molecule has 0 aliphatic heterocycles. The molecule has 0 aliphatic carbocycles. The van der Waals surface area contributed by atoms with E-state index >= 15 is 0 Å². The van der Waals surface area contributed by atoms with Crippen molar-refractivity contribution in [2.45, 2.75) is 38.6 Å². The van der Waals surface area contributed by atoms with Crippen molar-refractivity contribution < 1.29 is 23.1 Å². The van der Waals surface area contributed by atoms with Crippen LogP contribution in [0.2, 0.25) is 0 Å². The molecule has 0 bridgehead atoms. The van der Waals surface area contributed by atoms with Crippen molar-refractivity contribution in [2.24, 2.45) is 5.73 Å². The number of aromatic nitrogens is 4. The van der Waals surface area contributed by atoms with Crippen LogP contribution in [0, 0.1) is 6.92 Å². The Balaban J connectivity index is 1.74. The Labute approximate surface area is 193 Å². The van der Waals surface area contributed by atoms with Gasteiger partial charge in [-0.1, -0.05) is 54.1 Å². The Morgan fingerprint density at radius 3 is 2.56 bits per heavy atom. The van der Waals surface area contributed by atoms with E-state index in [4.69, 9.17) is 5.73 Å². The Morgan fingerprint density at radius 1 is 1.15 bits per heavy atom. The van der Waals surface area contributed by atoms with Gasteiger partial charge in [-0.25, -0.2) is 9.67 Å². The summed E-state index contributed by atoms with van der Waals surface area (Å²) >= 11 is 0. The highest BCUT2D eigenvalue weighted by Gasteiger charge is 2.55. The highest BCUT2D eigenvalue weighted by atomic mass is 19.4. The lowest BCUT2D eigenvalue weighted by atomic mass is 9.96. The third-order valence-electron chi connectivity index (χ3n) is 5.74. The molecule has 1 atom stereocenters. The molecule has 0 fully saturated rings. The van der Waals surface area contributed by atoms with E-state index in [0.717, 1.165) is 28.3 Å². The number of hydrogen-bond donors (Lipinski definition) is 2. The minimum Gasteiger partial charge on any atom is -0.375 e. The lowest BCUT2D eigenvalue weighted by molar-refractivity contribution is -0.269. The molecule has 1 amide bonds. The first-order valence-corrected chi connectivity index (χ1v) is 10.5. The van der Waals surface area contributed by atoms with Gasteiger partial charge in [0.25, 0.3) is 5.91 Å². The van der Waals surface area contributed by atoms with Crippen molar-refractivity contribution >= 4 is 16.8 Å². The number of rotatable bonds is 6. The summed E-state index contributed by atoms with van der Waals surface area (Å²) in [5.41, 5.74) is 5.86. The van der Waals surface area contributed by atoms with Crippen LogP contribution in [0.15, 0.2) is 54.7 Å². The second-order valence-corrected chi connectivity index (χ2v) is 8.15. The molecule has 2 heterocycles. The predicted octanol–water partition coefficient (Wildman–Crippen LogP) is 4.11. The maximum absolute atomic E-state index is 13.3. The van der Waals surface area contributed by atoms with Crippen molar-refractivity contribution in [3.63, 3.8) is 0 Å². The van der Waals surface area contributed by atoms with Gasteiger partial charge in [0.05, 0.1) is 18.3 Å². The van der Waals surface area contributed by atoms with Gasteiger partial charge < -0.3 is 10.8 Å². The van der Waals surface area contributed by atoms with Crippen LogP contribution in [0.4, 0.5) is 13.2 Å². The first-order chi connectivity index (χ1) is 16.0. The number of aryl methyl sites for hydroxylation is 1. The van der Waals surface area contributed by atoms with Crippen molar-refractivity contribution in [1.29, 1.82) is 0 Å². The Hall–Kier alpha value is -3.79. The first kappa shape index (κ1) is 23.4. The van der Waals surface area contributed by atoms with Crippen molar-refractivity contribution in [3.8, 4) is 11.1 Å². The summed E-state index contributed by atoms with van der Waals surface area (Å²) in [5, 5.41) is 18.2. The van der Waals surface area contributed by atoms with Gasteiger partial charge in [0.1, 0.15) is 11.4 Å². The van der Waals surface area contributed by atoms with E-state index in [9.17, 15) is 23.1 Å². The van der Waals surface area contributed by atoms with Gasteiger partial charge in [0, 0.05) is 5.39 Å². The molecular weight excluding hydrogens is 447 g/mol. The van der Waals surface area contributed by atoms with E-state index in [-0.39, 0.29) is 12.2 Å². The zero-order chi connectivity index (χ0) is 24.7. The number of carbonyl (C=O) groups excluding carboxylic acids is 1. The summed E-state index contributed by atoms with van der Waals surface area (Å²) in [6.07, 6.45) is -4.40. The fraction of sp³-hybridized carbons (Fsp3) is 0.250. The van der Waals surface area contributed by atoms with E-state index in [1.165, 1.54) is 11.6 Å². The maximum atomic E-state index is 13.3. The lowest BCUT2D eigenvalue weighted by Crippen LogP contribution is -2.42. The predicted molar refractivity (Wildman–Crippen MR) is 120 cm³/mol. The molecule has 4 aromatic rings. The molecule has 2 aromatic heterocycles. The molecule has 0 aliphatic rings. The minimum absolute atomic E-state index is 0.0862. The van der Waals surface area contributed by atoms with Gasteiger partial charge >= 0.3 is 6.18 Å². The number of halogens is 3. The normalized spacial score (nSPS) is 13.7. The van der Waals surface area contributed by atoms with Crippen LogP contribution in [0.3, 0.4) is 0 Å². The summed E-state index contributed by atoms with van der Waals surface area (Å²) in [4.78, 5) is 16.3. The SMILES string of the molecule is CC[C@](O)(c1cn(Cc2ccc3c(-c4cccc(C)c4)cc(C(N)=O)nc3c2)nn1)C(F)(F)F. The minimum atomic E-state index is -4.88. The standard InChI is InChI=1S/C24H22F3N5O2/c1-3-23(34,24(25,26)27)21-13-32(31-30-21)12-15-7-8-17-18(16-6-4-5-14(2)9-16)11-20(22(28)33)29-19(17)10-15/h4-11,13,34H,3,12H2,1-2H3,(H2,28,33)/t23-/m0/s1. The largest absolute Gasteiger partial charge is 0.423 e. The third kappa shape index (κ3) is 4.24. The van der Waals surface area contributed by atoms with Gasteiger partial charge in [-0.05, 0) is 42.2 Å². The van der Waals surface area contributed by atoms with Gasteiger partial charge in [-0.2, -0.15) is 13.2 Å². The highest BCUT2D eigenvalue weighted by Crippen LogP contribution is 2.40. The zero-order valence-electron chi connectivity index (χ0n) is 18.5. The van der Waals surface area contributed by atoms with Crippen molar-refractivity contribution in [1.82, 2.24) is 20.0 Å². The topological polar surface area (TPSA) is 107 Å². The second-order valence-electron chi connectivity index (χ2n) is 8.15. The number of amides is 1. The summed E-state index contributed by atoms with van der Waals surface area (Å²) in [7, 11) is 0. The number of primary amides is 1. The number of pyridine rings is 1. The Bertz CT molecular complexity index is 1380. The Kier molecular flexibility index (Phi) is 5.86. The van der Waals surface area contributed by atoms with Crippen molar-refractivity contribution in [3.05, 3.63) is 77.2 Å². The number of hydrogen-bond acceptors (Lipinski definition) is 5. The van der Waals surface area contributed by atoms with Crippen LogP contribution in [0.1, 0.15) is 40.7 Å². The number of alkyl halides is 3. The smallest absolute Gasteiger partial charge is 0.375 e. The van der Waals surface area contributed by atoms with E-state index in [2.05, 4.69) is 15.3 Å². The molecule has 34 heavy (non-hydrogen) atoms. The number of aliphatic hydroxyl groups is 1. The molecule has 0 radical (unpaired) electrons. The van der Waals surface area contributed by atoms with Gasteiger partial charge in [0.2, 0.25) is 5.60 Å². The van der Waals surface area contributed by atoms with Gasteiger partial charge in [0.15, 0.2) is 0 Å². The molecule has 0 spiro atoms. The fourth-order valence-electron chi connectivity index (χ4n) is 3.83. The molecule has 2 aromatic carbocycles. The van der Waals surface area contributed by atoms with Crippen LogP contribution in [-0.2, 0) is 12.1 Å². The van der Waals surface area contributed by atoms with E-state index in [1.807, 2.05) is 37.3 Å². The van der Waals surface area contributed by atoms with Gasteiger partial charge in [-0.15, -0.1) is 5.10 Å². The second kappa shape index (κ2) is 8.53. The van der Waals surface area contributed by atoms with Crippen molar-refractivity contribution in [2.75, 3.05) is 0 Å². The molecule has 3 N–H and O–H groups in total. The zero-order valence-corrected chi connectivity index (χ0v) is 18.5. The number of nitrogens with zero attached hydrogens (tertiary/aromatic N) is 4. The van der Waals surface area contributed by atoms with E-state index in [0.29, 0.717) is 11.1 Å². The van der Waals surface area contributed by atoms with E-state index in [1.54, 1.807) is 18.2 Å². The number of fused-ring (bicyclic) bond motifs is 1. The van der Waals surface area contributed by atoms with Crippen LogP contribution >= 0.6 is 0 Å². The maximum Gasteiger partial charge on any atom is 0.423 e. The van der Waals surface area contributed by atoms with Crippen LogP contribution in [0.5, 0.6) is 0 Å². The monoisotopic (exact) mass is 469 g/mol. The number of benzene rings is 2. The number of carbonyl (C=O) groups is 1. The molecule has 10 heteroatoms. The van der Waals surface area contributed by atoms with Crippen LogP contribution < -0.4 is 5.73 Å². The molecule has 4 rings (SSSR count). The molecule has 0 saturated heterocycles. The average Bonchev–Trinajstić information content (AvgIpc) is 3.25. The summed E-state index contributed by atoms with van der Waals surface area (Å²) in [6, 6.07) is 14.8. The Morgan fingerprint density at radius 2 is 1.91 bits per heavy atom. The molecule has 176 valence electrons. The lowest BCUT2D eigenvalue weighted by Gasteiger charge is -2.26. The summed E-state index contributed by atoms with van der Waals surface area (Å²) in [6.45, 7) is 3.28. The third-order valence-corrected chi connectivity index (χ3v) is 5.74. The van der Waals surface area contributed by atoms with Crippen LogP contribution in [0.25, 0.3) is 22.0 Å². The fourth-order valence-corrected chi connectivity index (χ4v) is 3.83. The first-order valence-electron chi connectivity index (χ1n) is 10.5. The molecule has 7 nitrogen and oxygen atoms in total. The summed E-state index contributed by atoms with van der Waals surface area (Å²) < 4.78 is 41.2. The quantitative estimate of drug-likeness (QED) is 0.442.